The van der Waals surface area contributed by atoms with Gasteiger partial charge in [0.15, 0.2) is 11.7 Å². The summed E-state index contributed by atoms with van der Waals surface area (Å²) in [6.45, 7) is 2.03. The van der Waals surface area contributed by atoms with Crippen molar-refractivity contribution >= 4 is 52.1 Å². The van der Waals surface area contributed by atoms with E-state index in [-0.39, 0.29) is 37.9 Å². The van der Waals surface area contributed by atoms with E-state index in [0.717, 1.165) is 10.5 Å². The van der Waals surface area contributed by atoms with Gasteiger partial charge >= 0.3 is 12.1 Å². The van der Waals surface area contributed by atoms with Gasteiger partial charge < -0.3 is 19.9 Å². The number of piperazine rings is 1. The maximum atomic E-state index is 12.6. The van der Waals surface area contributed by atoms with Gasteiger partial charge in [-0.05, 0) is 49.5 Å². The number of benzene rings is 2. The number of aryl methyl sites for hydroxylation is 1. The zero-order valence-electron chi connectivity index (χ0n) is 18.1. The number of nitrogens with zero attached hydrogens (tertiary/aromatic N) is 2. The van der Waals surface area contributed by atoms with E-state index < -0.39 is 18.0 Å². The highest BCUT2D eigenvalue weighted by Gasteiger charge is 2.43. The maximum absolute atomic E-state index is 12.6. The molecule has 1 saturated heterocycles. The number of hydrogen-bond acceptors (Lipinski definition) is 5. The number of ether oxygens (including phenoxy) is 1. The van der Waals surface area contributed by atoms with Crippen molar-refractivity contribution in [1.82, 2.24) is 10.2 Å². The monoisotopic (exact) mass is 514 g/mol. The Morgan fingerprint density at radius 1 is 1.09 bits per heavy atom. The summed E-state index contributed by atoms with van der Waals surface area (Å²) in [5.74, 6) is -1.71. The molecule has 0 spiro atoms. The summed E-state index contributed by atoms with van der Waals surface area (Å²) in [6.07, 6.45) is -4.88. The van der Waals surface area contributed by atoms with Crippen molar-refractivity contribution in [3.8, 4) is 5.75 Å². The van der Waals surface area contributed by atoms with Gasteiger partial charge in [0.25, 0.3) is 5.91 Å². The lowest BCUT2D eigenvalue weighted by Gasteiger charge is -2.36. The molecule has 2 aromatic rings. The number of carbonyl (C=O) groups is 2. The van der Waals surface area contributed by atoms with Crippen LogP contribution in [0.15, 0.2) is 42.5 Å². The number of nitrogens with one attached hydrogen (secondary N) is 2. The predicted octanol–water partition coefficient (Wildman–Crippen LogP) is 3.75. The van der Waals surface area contributed by atoms with Gasteiger partial charge in [-0.1, -0.05) is 29.3 Å². The molecule has 182 valence electrons. The first kappa shape index (κ1) is 25.6. The molecule has 0 unspecified atom stereocenters. The van der Waals surface area contributed by atoms with E-state index in [1.54, 1.807) is 35.2 Å². The summed E-state index contributed by atoms with van der Waals surface area (Å²) < 4.78 is 43.2. The Hall–Kier alpha value is -3.05. The first-order valence-corrected chi connectivity index (χ1v) is 11.0. The van der Waals surface area contributed by atoms with Crippen molar-refractivity contribution in [3.05, 3.63) is 53.1 Å². The number of carbonyl (C=O) groups excluding carboxylic acids is 2. The van der Waals surface area contributed by atoms with Crippen LogP contribution in [0.1, 0.15) is 5.56 Å². The van der Waals surface area contributed by atoms with Crippen LogP contribution in [0, 0.1) is 6.92 Å². The van der Waals surface area contributed by atoms with E-state index in [1.165, 1.54) is 0 Å². The van der Waals surface area contributed by atoms with Crippen molar-refractivity contribution in [2.45, 2.75) is 13.1 Å². The molecule has 34 heavy (non-hydrogen) atoms. The Balaban J connectivity index is 1.49. The molecular formula is C22H22ClF3N4O3S. The van der Waals surface area contributed by atoms with Gasteiger partial charge in [0.1, 0.15) is 5.75 Å². The fourth-order valence-corrected chi connectivity index (χ4v) is 3.81. The zero-order chi connectivity index (χ0) is 24.9. The molecule has 0 atom stereocenters. The van der Waals surface area contributed by atoms with Crippen LogP contribution in [-0.2, 0) is 9.59 Å². The third-order valence-corrected chi connectivity index (χ3v) is 5.51. The standard InChI is InChI=1S/C22H22ClF3N4O3S/c1-14-2-5-16(6-3-14)33-13-19(31)28-21(34)27-15-4-7-18(17(23)12-15)29-8-10-30(11-9-29)20(32)22(24,25)26/h2-7,12H,8-11,13H2,1H3,(H2,27,28,31,34). The second-order valence-corrected chi connectivity index (χ2v) is 8.36. The molecule has 2 amide bonds. The minimum absolute atomic E-state index is 0.0561. The fraction of sp³-hybridized carbons (Fsp3) is 0.318. The second kappa shape index (κ2) is 10.9. The number of alkyl halides is 3. The van der Waals surface area contributed by atoms with Crippen molar-refractivity contribution in [2.75, 3.05) is 43.0 Å². The van der Waals surface area contributed by atoms with Gasteiger partial charge in [-0.2, -0.15) is 13.2 Å². The maximum Gasteiger partial charge on any atom is 0.471 e. The summed E-state index contributed by atoms with van der Waals surface area (Å²) in [5.41, 5.74) is 2.21. The van der Waals surface area contributed by atoms with Crippen LogP contribution < -0.4 is 20.3 Å². The first-order valence-electron chi connectivity index (χ1n) is 10.2. The Morgan fingerprint density at radius 2 is 1.74 bits per heavy atom. The van der Waals surface area contributed by atoms with E-state index in [9.17, 15) is 22.8 Å². The van der Waals surface area contributed by atoms with E-state index >= 15 is 0 Å². The molecule has 1 heterocycles. The van der Waals surface area contributed by atoms with Crippen molar-refractivity contribution in [2.24, 2.45) is 0 Å². The van der Waals surface area contributed by atoms with Gasteiger partial charge in [-0.25, -0.2) is 0 Å². The molecule has 1 aliphatic rings. The van der Waals surface area contributed by atoms with Gasteiger partial charge in [0.2, 0.25) is 0 Å². The molecule has 0 saturated carbocycles. The molecule has 1 aliphatic heterocycles. The smallest absolute Gasteiger partial charge is 0.471 e. The molecule has 1 fully saturated rings. The number of amides is 2. The van der Waals surface area contributed by atoms with Crippen molar-refractivity contribution in [1.29, 1.82) is 0 Å². The minimum atomic E-state index is -4.88. The highest BCUT2D eigenvalue weighted by Crippen LogP contribution is 2.30. The molecule has 0 aromatic heterocycles. The average Bonchev–Trinajstić information content (AvgIpc) is 2.78. The number of halogens is 4. The van der Waals surface area contributed by atoms with E-state index in [1.807, 2.05) is 19.1 Å². The Morgan fingerprint density at radius 3 is 2.32 bits per heavy atom. The predicted molar refractivity (Wildman–Crippen MR) is 127 cm³/mol. The van der Waals surface area contributed by atoms with Crippen LogP contribution in [0.25, 0.3) is 0 Å². The summed E-state index contributed by atoms with van der Waals surface area (Å²) in [4.78, 5) is 26.0. The number of hydrogen-bond donors (Lipinski definition) is 2. The second-order valence-electron chi connectivity index (χ2n) is 7.55. The highest BCUT2D eigenvalue weighted by atomic mass is 35.5. The molecule has 3 rings (SSSR count). The van der Waals surface area contributed by atoms with Crippen LogP contribution in [0.4, 0.5) is 24.5 Å². The fourth-order valence-electron chi connectivity index (χ4n) is 3.28. The number of anilines is 2. The molecule has 2 N–H and O–H groups in total. The van der Waals surface area contributed by atoms with E-state index in [4.69, 9.17) is 28.6 Å². The average molecular weight is 515 g/mol. The van der Waals surface area contributed by atoms with Crippen molar-refractivity contribution in [3.63, 3.8) is 0 Å². The SMILES string of the molecule is Cc1ccc(OCC(=O)NC(=S)Nc2ccc(N3CCN(C(=O)C(F)(F)F)CC3)c(Cl)c2)cc1. The lowest BCUT2D eigenvalue weighted by atomic mass is 10.2. The normalized spacial score (nSPS) is 13.9. The Bertz CT molecular complexity index is 1060. The highest BCUT2D eigenvalue weighted by molar-refractivity contribution is 7.80. The van der Waals surface area contributed by atoms with E-state index in [2.05, 4.69) is 10.6 Å². The lowest BCUT2D eigenvalue weighted by Crippen LogP contribution is -2.52. The molecule has 7 nitrogen and oxygen atoms in total. The minimum Gasteiger partial charge on any atom is -0.484 e. The topological polar surface area (TPSA) is 73.9 Å². The van der Waals surface area contributed by atoms with Gasteiger partial charge in [0, 0.05) is 31.9 Å². The molecule has 2 aromatic carbocycles. The van der Waals surface area contributed by atoms with Crippen LogP contribution in [0.5, 0.6) is 5.75 Å². The van der Waals surface area contributed by atoms with Crippen LogP contribution >= 0.6 is 23.8 Å². The quantitative estimate of drug-likeness (QED) is 0.592. The molecule has 0 bridgehead atoms. The molecular weight excluding hydrogens is 493 g/mol. The molecule has 12 heteroatoms. The Labute approximate surface area is 204 Å². The van der Waals surface area contributed by atoms with E-state index in [0.29, 0.717) is 22.1 Å². The summed E-state index contributed by atoms with van der Waals surface area (Å²) in [7, 11) is 0. The largest absolute Gasteiger partial charge is 0.484 e. The molecule has 0 aliphatic carbocycles. The van der Waals surface area contributed by atoms with Crippen LogP contribution in [0.2, 0.25) is 5.02 Å². The van der Waals surface area contributed by atoms with Gasteiger partial charge in [-0.3, -0.25) is 14.9 Å². The van der Waals surface area contributed by atoms with Crippen molar-refractivity contribution < 1.29 is 27.5 Å². The first-order chi connectivity index (χ1) is 16.0. The zero-order valence-corrected chi connectivity index (χ0v) is 19.7. The Kier molecular flexibility index (Phi) is 8.21. The number of rotatable bonds is 5. The van der Waals surface area contributed by atoms with Crippen LogP contribution in [0.3, 0.4) is 0 Å². The number of thiocarbonyl (C=S) groups is 1. The molecule has 0 radical (unpaired) electrons. The third-order valence-electron chi connectivity index (χ3n) is 5.00. The summed E-state index contributed by atoms with van der Waals surface area (Å²) >= 11 is 11.5. The lowest BCUT2D eigenvalue weighted by molar-refractivity contribution is -0.185. The van der Waals surface area contributed by atoms with Gasteiger partial charge in [0.05, 0.1) is 10.7 Å². The summed E-state index contributed by atoms with van der Waals surface area (Å²) in [6, 6.07) is 12.2. The third kappa shape index (κ3) is 6.97. The van der Waals surface area contributed by atoms with Gasteiger partial charge in [-0.15, -0.1) is 0 Å². The van der Waals surface area contributed by atoms with Crippen LogP contribution in [-0.4, -0.2) is 60.8 Å². The summed E-state index contributed by atoms with van der Waals surface area (Å²) in [5, 5.41) is 5.76.